The van der Waals surface area contributed by atoms with Crippen LogP contribution in [0.15, 0.2) is 10.9 Å². The number of fused-ring (bicyclic) bond motifs is 1. The van der Waals surface area contributed by atoms with Gasteiger partial charge >= 0.3 is 0 Å². The highest BCUT2D eigenvalue weighted by molar-refractivity contribution is 7.71. The summed E-state index contributed by atoms with van der Waals surface area (Å²) >= 11 is 5.19. The Morgan fingerprint density at radius 1 is 1.20 bits per heavy atom. The molecule has 20 heavy (non-hydrogen) atoms. The molecule has 0 aliphatic carbocycles. The Labute approximate surface area is 120 Å². The molecule has 0 unspecified atom stereocenters. The first-order valence-corrected chi connectivity index (χ1v) is 6.45. The monoisotopic (exact) mass is 296 g/mol. The van der Waals surface area contributed by atoms with E-state index < -0.39 is 0 Å². The number of nitrogens with zero attached hydrogens (tertiary/aromatic N) is 1. The van der Waals surface area contributed by atoms with Crippen molar-refractivity contribution in [3.8, 4) is 17.2 Å². The van der Waals surface area contributed by atoms with E-state index in [1.807, 2.05) is 6.92 Å². The molecule has 0 aliphatic rings. The molecular formula is C13H16N2O4S. The zero-order valence-electron chi connectivity index (χ0n) is 11.8. The highest BCUT2D eigenvalue weighted by Crippen LogP contribution is 2.41. The second kappa shape index (κ2) is 5.54. The SMILES string of the molecule is CCn1c(=S)[nH]c2c(OC)c(OC)c(OC)cc2c1=O. The van der Waals surface area contributed by atoms with Crippen molar-refractivity contribution in [1.29, 1.82) is 0 Å². The molecule has 0 bridgehead atoms. The van der Waals surface area contributed by atoms with Gasteiger partial charge in [-0.15, -0.1) is 0 Å². The molecule has 7 heteroatoms. The molecule has 0 fully saturated rings. The number of aromatic amines is 1. The van der Waals surface area contributed by atoms with E-state index in [0.717, 1.165) is 0 Å². The number of hydrogen-bond acceptors (Lipinski definition) is 5. The maximum atomic E-state index is 12.4. The molecule has 0 amide bonds. The Hall–Kier alpha value is -2.02. The van der Waals surface area contributed by atoms with Gasteiger partial charge in [-0.2, -0.15) is 0 Å². The van der Waals surface area contributed by atoms with Crippen LogP contribution in [0.5, 0.6) is 17.2 Å². The van der Waals surface area contributed by atoms with Crippen LogP contribution in [0, 0.1) is 4.77 Å². The van der Waals surface area contributed by atoms with E-state index in [1.54, 1.807) is 6.07 Å². The average Bonchev–Trinajstić information content (AvgIpc) is 2.45. The van der Waals surface area contributed by atoms with E-state index in [9.17, 15) is 4.79 Å². The number of benzene rings is 1. The molecule has 108 valence electrons. The molecule has 1 aromatic heterocycles. The summed E-state index contributed by atoms with van der Waals surface area (Å²) in [6.45, 7) is 2.34. The maximum absolute atomic E-state index is 12.4. The smallest absolute Gasteiger partial charge is 0.262 e. The third-order valence-electron chi connectivity index (χ3n) is 3.10. The first kappa shape index (κ1) is 14.4. The van der Waals surface area contributed by atoms with Crippen molar-refractivity contribution in [2.45, 2.75) is 13.5 Å². The van der Waals surface area contributed by atoms with Gasteiger partial charge in [0.15, 0.2) is 16.3 Å². The van der Waals surface area contributed by atoms with Gasteiger partial charge in [-0.3, -0.25) is 9.36 Å². The average molecular weight is 296 g/mol. The lowest BCUT2D eigenvalue weighted by Gasteiger charge is -2.15. The summed E-state index contributed by atoms with van der Waals surface area (Å²) in [5.74, 6) is 1.25. The predicted molar refractivity (Wildman–Crippen MR) is 78.7 cm³/mol. The number of methoxy groups -OCH3 is 3. The Bertz CT molecular complexity index is 764. The molecule has 6 nitrogen and oxygen atoms in total. The van der Waals surface area contributed by atoms with Crippen molar-refractivity contribution in [2.75, 3.05) is 21.3 Å². The van der Waals surface area contributed by atoms with Crippen LogP contribution in [0.1, 0.15) is 6.92 Å². The quantitative estimate of drug-likeness (QED) is 0.875. The lowest BCUT2D eigenvalue weighted by Crippen LogP contribution is -2.21. The number of H-pyrrole nitrogens is 1. The van der Waals surface area contributed by atoms with Gasteiger partial charge in [0.1, 0.15) is 5.52 Å². The van der Waals surface area contributed by atoms with Crippen LogP contribution in [0.4, 0.5) is 0 Å². The third-order valence-corrected chi connectivity index (χ3v) is 3.42. The van der Waals surface area contributed by atoms with Crippen molar-refractivity contribution in [2.24, 2.45) is 0 Å². The van der Waals surface area contributed by atoms with E-state index >= 15 is 0 Å². The Kier molecular flexibility index (Phi) is 3.99. The second-order valence-corrected chi connectivity index (χ2v) is 4.43. The third kappa shape index (κ3) is 2.03. The summed E-state index contributed by atoms with van der Waals surface area (Å²) in [6.07, 6.45) is 0. The van der Waals surface area contributed by atoms with Crippen molar-refractivity contribution >= 4 is 23.1 Å². The standard InChI is InChI=1S/C13H16N2O4S/c1-5-15-12(16)7-6-8(17-2)10(18-3)11(19-4)9(7)14-13(15)20/h6H,5H2,1-4H3,(H,14,20). The predicted octanol–water partition coefficient (Wildman–Crippen LogP) is 2.10. The second-order valence-electron chi connectivity index (χ2n) is 4.05. The molecule has 1 heterocycles. The van der Waals surface area contributed by atoms with Gasteiger partial charge in [0.05, 0.1) is 26.7 Å². The number of aromatic nitrogens is 2. The van der Waals surface area contributed by atoms with Gasteiger partial charge in [0.25, 0.3) is 5.56 Å². The highest BCUT2D eigenvalue weighted by Gasteiger charge is 2.19. The van der Waals surface area contributed by atoms with Crippen molar-refractivity contribution < 1.29 is 14.2 Å². The molecule has 1 N–H and O–H groups in total. The van der Waals surface area contributed by atoms with Gasteiger partial charge in [-0.1, -0.05) is 0 Å². The van der Waals surface area contributed by atoms with Gasteiger partial charge in [-0.05, 0) is 25.2 Å². The summed E-state index contributed by atoms with van der Waals surface area (Å²) in [5.41, 5.74) is 0.315. The molecular weight excluding hydrogens is 280 g/mol. The fourth-order valence-corrected chi connectivity index (χ4v) is 2.46. The van der Waals surface area contributed by atoms with Gasteiger partial charge in [-0.25, -0.2) is 0 Å². The zero-order chi connectivity index (χ0) is 14.9. The lowest BCUT2D eigenvalue weighted by molar-refractivity contribution is 0.326. The fourth-order valence-electron chi connectivity index (χ4n) is 2.15. The summed E-state index contributed by atoms with van der Waals surface area (Å²) in [5, 5.41) is 0.440. The van der Waals surface area contributed by atoms with Crippen molar-refractivity contribution in [3.63, 3.8) is 0 Å². The van der Waals surface area contributed by atoms with Crippen LogP contribution in [-0.4, -0.2) is 30.9 Å². The molecule has 2 aromatic rings. The summed E-state index contributed by atoms with van der Waals surface area (Å²) in [4.78, 5) is 15.5. The first-order valence-electron chi connectivity index (χ1n) is 6.04. The zero-order valence-corrected chi connectivity index (χ0v) is 12.6. The molecule has 0 atom stereocenters. The van der Waals surface area contributed by atoms with Crippen LogP contribution < -0.4 is 19.8 Å². The van der Waals surface area contributed by atoms with E-state index in [0.29, 0.717) is 39.5 Å². The van der Waals surface area contributed by atoms with Crippen LogP contribution in [0.3, 0.4) is 0 Å². The van der Waals surface area contributed by atoms with Crippen molar-refractivity contribution in [3.05, 3.63) is 21.2 Å². The Morgan fingerprint density at radius 2 is 1.85 bits per heavy atom. The topological polar surface area (TPSA) is 65.5 Å². The molecule has 0 aliphatic heterocycles. The van der Waals surface area contributed by atoms with E-state index in [-0.39, 0.29) is 5.56 Å². The summed E-state index contributed by atoms with van der Waals surface area (Å²) < 4.78 is 17.7. The number of hydrogen-bond donors (Lipinski definition) is 1. The van der Waals surface area contributed by atoms with Crippen LogP contribution in [0.2, 0.25) is 0 Å². The minimum atomic E-state index is -0.189. The molecule has 0 radical (unpaired) electrons. The first-order chi connectivity index (χ1) is 9.58. The largest absolute Gasteiger partial charge is 0.493 e. The Balaban J connectivity index is 3.03. The fraction of sp³-hybridized carbons (Fsp3) is 0.385. The normalized spacial score (nSPS) is 10.6. The molecule has 0 saturated carbocycles. The number of nitrogens with one attached hydrogen (secondary N) is 1. The molecule has 1 aromatic carbocycles. The maximum Gasteiger partial charge on any atom is 0.262 e. The van der Waals surface area contributed by atoms with E-state index in [4.69, 9.17) is 26.4 Å². The lowest BCUT2D eigenvalue weighted by atomic mass is 10.2. The number of ether oxygens (including phenoxy) is 3. The van der Waals surface area contributed by atoms with Gasteiger partial charge < -0.3 is 19.2 Å². The number of rotatable bonds is 4. The highest BCUT2D eigenvalue weighted by atomic mass is 32.1. The van der Waals surface area contributed by atoms with E-state index in [1.165, 1.54) is 25.9 Å². The molecule has 0 saturated heterocycles. The van der Waals surface area contributed by atoms with Crippen LogP contribution >= 0.6 is 12.2 Å². The minimum Gasteiger partial charge on any atom is -0.493 e. The molecule has 2 rings (SSSR count). The van der Waals surface area contributed by atoms with Crippen LogP contribution in [-0.2, 0) is 6.54 Å². The molecule has 0 spiro atoms. The van der Waals surface area contributed by atoms with Gasteiger partial charge in [0, 0.05) is 6.54 Å². The summed E-state index contributed by atoms with van der Waals surface area (Å²) in [6, 6.07) is 1.62. The van der Waals surface area contributed by atoms with Crippen LogP contribution in [0.25, 0.3) is 10.9 Å². The van der Waals surface area contributed by atoms with Crippen molar-refractivity contribution in [1.82, 2.24) is 9.55 Å². The van der Waals surface area contributed by atoms with Gasteiger partial charge in [0.2, 0.25) is 5.75 Å². The Morgan fingerprint density at radius 3 is 2.35 bits per heavy atom. The minimum absolute atomic E-state index is 0.189. The summed E-state index contributed by atoms with van der Waals surface area (Å²) in [7, 11) is 4.51. The van der Waals surface area contributed by atoms with E-state index in [2.05, 4.69) is 4.98 Å².